The van der Waals surface area contributed by atoms with Gasteiger partial charge in [0.1, 0.15) is 0 Å². The highest BCUT2D eigenvalue weighted by Crippen LogP contribution is 2.35. The number of hydrogen-bond acceptors (Lipinski definition) is 6. The molecular weight excluding hydrogens is 289 g/mol. The molecule has 7 nitrogen and oxygen atoms in total. The number of halogens is 3. The molecule has 0 atom stereocenters. The van der Waals surface area contributed by atoms with Gasteiger partial charge >= 0.3 is 6.18 Å². The van der Waals surface area contributed by atoms with Crippen LogP contribution in [0.3, 0.4) is 0 Å². The quantitative estimate of drug-likeness (QED) is 0.726. The SMILES string of the molecule is Nc1cc(C(F)(F)F)ccc1Oc1cncc2nnnn12. The van der Waals surface area contributed by atoms with Crippen molar-refractivity contribution in [2.24, 2.45) is 0 Å². The van der Waals surface area contributed by atoms with Crippen molar-refractivity contribution in [1.29, 1.82) is 0 Å². The number of benzene rings is 1. The van der Waals surface area contributed by atoms with Crippen molar-refractivity contribution in [2.75, 3.05) is 5.73 Å². The predicted octanol–water partition coefficient (Wildman–Crippen LogP) is 1.91. The molecule has 0 radical (unpaired) electrons. The van der Waals surface area contributed by atoms with Crippen LogP contribution in [0, 0.1) is 0 Å². The first-order valence-corrected chi connectivity index (χ1v) is 5.62. The Morgan fingerprint density at radius 2 is 2.00 bits per heavy atom. The Morgan fingerprint density at radius 3 is 2.71 bits per heavy atom. The van der Waals surface area contributed by atoms with Crippen molar-refractivity contribution in [3.63, 3.8) is 0 Å². The van der Waals surface area contributed by atoms with E-state index in [1.165, 1.54) is 16.9 Å². The maximum Gasteiger partial charge on any atom is 0.416 e. The Hall–Kier alpha value is -2.91. The van der Waals surface area contributed by atoms with E-state index in [-0.39, 0.29) is 17.3 Å². The van der Waals surface area contributed by atoms with Crippen LogP contribution in [0.15, 0.2) is 30.6 Å². The van der Waals surface area contributed by atoms with E-state index in [0.29, 0.717) is 5.65 Å². The molecule has 0 spiro atoms. The minimum Gasteiger partial charge on any atom is -0.435 e. The molecule has 2 heterocycles. The summed E-state index contributed by atoms with van der Waals surface area (Å²) in [5.74, 6) is 0.178. The standard InChI is InChI=1S/C11H7F3N6O/c12-11(13,14)6-1-2-8(7(15)3-6)21-10-5-16-4-9-17-18-19-20(9)10/h1-5H,15H2. The predicted molar refractivity (Wildman–Crippen MR) is 64.5 cm³/mol. The minimum absolute atomic E-state index is 0.0489. The van der Waals surface area contributed by atoms with Gasteiger partial charge in [0, 0.05) is 0 Å². The number of rotatable bonds is 2. The Bertz CT molecular complexity index is 800. The second-order valence-corrected chi connectivity index (χ2v) is 4.05. The van der Waals surface area contributed by atoms with Crippen LogP contribution < -0.4 is 10.5 Å². The highest BCUT2D eigenvalue weighted by atomic mass is 19.4. The second-order valence-electron chi connectivity index (χ2n) is 4.05. The first kappa shape index (κ1) is 13.1. The lowest BCUT2D eigenvalue weighted by atomic mass is 10.2. The van der Waals surface area contributed by atoms with E-state index in [4.69, 9.17) is 10.5 Å². The number of nitrogens with zero attached hydrogens (tertiary/aromatic N) is 5. The summed E-state index contributed by atoms with van der Waals surface area (Å²) in [5.41, 5.74) is 4.90. The van der Waals surface area contributed by atoms with Gasteiger partial charge in [0.2, 0.25) is 11.5 Å². The Balaban J connectivity index is 1.97. The van der Waals surface area contributed by atoms with E-state index in [1.807, 2.05) is 0 Å². The summed E-state index contributed by atoms with van der Waals surface area (Å²) in [6.07, 6.45) is -1.74. The molecular formula is C11H7F3N6O. The molecule has 0 unspecified atom stereocenters. The van der Waals surface area contributed by atoms with Gasteiger partial charge in [-0.05, 0) is 28.6 Å². The zero-order chi connectivity index (χ0) is 15.0. The zero-order valence-electron chi connectivity index (χ0n) is 10.2. The molecule has 0 aliphatic rings. The number of fused-ring (bicyclic) bond motifs is 1. The summed E-state index contributed by atoms with van der Waals surface area (Å²) in [7, 11) is 0. The summed E-state index contributed by atoms with van der Waals surface area (Å²) < 4.78 is 44.3. The molecule has 3 aromatic rings. The Morgan fingerprint density at radius 1 is 1.19 bits per heavy atom. The first-order chi connectivity index (χ1) is 9.95. The van der Waals surface area contributed by atoms with E-state index in [0.717, 1.165) is 18.2 Å². The van der Waals surface area contributed by atoms with Crippen LogP contribution in [-0.2, 0) is 6.18 Å². The van der Waals surface area contributed by atoms with Gasteiger partial charge in [0.15, 0.2) is 5.75 Å². The fourth-order valence-corrected chi connectivity index (χ4v) is 1.65. The molecule has 2 aromatic heterocycles. The Labute approximate surface area is 115 Å². The fourth-order valence-electron chi connectivity index (χ4n) is 1.65. The first-order valence-electron chi connectivity index (χ1n) is 5.62. The number of ether oxygens (including phenoxy) is 1. The molecule has 0 amide bonds. The largest absolute Gasteiger partial charge is 0.435 e. The van der Waals surface area contributed by atoms with E-state index in [9.17, 15) is 13.2 Å². The van der Waals surface area contributed by atoms with Crippen molar-refractivity contribution < 1.29 is 17.9 Å². The summed E-state index contributed by atoms with van der Waals surface area (Å²) in [6, 6.07) is 2.79. The summed E-state index contributed by atoms with van der Waals surface area (Å²) in [5, 5.41) is 10.8. The smallest absolute Gasteiger partial charge is 0.416 e. The molecule has 0 saturated carbocycles. The number of tetrazole rings is 1. The van der Waals surface area contributed by atoms with Crippen molar-refractivity contribution >= 4 is 11.3 Å². The molecule has 0 aliphatic carbocycles. The normalized spacial score (nSPS) is 11.8. The molecule has 21 heavy (non-hydrogen) atoms. The summed E-state index contributed by atoms with van der Waals surface area (Å²) in [6.45, 7) is 0. The third-order valence-electron chi connectivity index (χ3n) is 2.63. The zero-order valence-corrected chi connectivity index (χ0v) is 10.2. The average Bonchev–Trinajstić information content (AvgIpc) is 2.89. The molecule has 0 fully saturated rings. The van der Waals surface area contributed by atoms with Crippen LogP contribution in [0.2, 0.25) is 0 Å². The molecule has 0 saturated heterocycles. The van der Waals surface area contributed by atoms with Gasteiger partial charge in [-0.1, -0.05) is 0 Å². The third-order valence-corrected chi connectivity index (χ3v) is 2.63. The minimum atomic E-state index is -4.47. The van der Waals surface area contributed by atoms with Gasteiger partial charge in [0.25, 0.3) is 0 Å². The lowest BCUT2D eigenvalue weighted by molar-refractivity contribution is -0.137. The molecule has 3 rings (SSSR count). The maximum atomic E-state index is 12.6. The fraction of sp³-hybridized carbons (Fsp3) is 0.0909. The second kappa shape index (κ2) is 4.58. The van der Waals surface area contributed by atoms with Crippen LogP contribution in [0.1, 0.15) is 5.56 Å². The van der Waals surface area contributed by atoms with Crippen LogP contribution in [-0.4, -0.2) is 25.0 Å². The van der Waals surface area contributed by atoms with E-state index in [2.05, 4.69) is 20.5 Å². The molecule has 108 valence electrons. The number of nitrogen functional groups attached to an aromatic ring is 1. The van der Waals surface area contributed by atoms with Crippen LogP contribution in [0.4, 0.5) is 18.9 Å². The molecule has 0 aliphatic heterocycles. The number of aromatic nitrogens is 5. The van der Waals surface area contributed by atoms with Gasteiger partial charge in [0.05, 0.1) is 23.6 Å². The summed E-state index contributed by atoms with van der Waals surface area (Å²) >= 11 is 0. The molecule has 1 aromatic carbocycles. The highest BCUT2D eigenvalue weighted by molar-refractivity contribution is 5.56. The van der Waals surface area contributed by atoms with Crippen molar-refractivity contribution in [1.82, 2.24) is 25.0 Å². The van der Waals surface area contributed by atoms with Gasteiger partial charge in [-0.25, -0.2) is 0 Å². The molecule has 2 N–H and O–H groups in total. The van der Waals surface area contributed by atoms with E-state index >= 15 is 0 Å². The van der Waals surface area contributed by atoms with Crippen molar-refractivity contribution in [3.8, 4) is 11.6 Å². The van der Waals surface area contributed by atoms with Gasteiger partial charge in [-0.2, -0.15) is 17.7 Å². The van der Waals surface area contributed by atoms with E-state index < -0.39 is 11.7 Å². The monoisotopic (exact) mass is 296 g/mol. The molecule has 0 bridgehead atoms. The van der Waals surface area contributed by atoms with Crippen LogP contribution in [0.25, 0.3) is 5.65 Å². The average molecular weight is 296 g/mol. The van der Waals surface area contributed by atoms with Gasteiger partial charge in [-0.3, -0.25) is 4.98 Å². The number of anilines is 1. The topological polar surface area (TPSA) is 91.2 Å². The van der Waals surface area contributed by atoms with Gasteiger partial charge in [-0.15, -0.1) is 5.10 Å². The van der Waals surface area contributed by atoms with Crippen LogP contribution in [0.5, 0.6) is 11.6 Å². The van der Waals surface area contributed by atoms with Crippen LogP contribution >= 0.6 is 0 Å². The van der Waals surface area contributed by atoms with Crippen molar-refractivity contribution in [3.05, 3.63) is 36.2 Å². The van der Waals surface area contributed by atoms with Crippen molar-refractivity contribution in [2.45, 2.75) is 6.18 Å². The van der Waals surface area contributed by atoms with Gasteiger partial charge < -0.3 is 10.5 Å². The lowest BCUT2D eigenvalue weighted by Crippen LogP contribution is -2.06. The number of hydrogen-bond donors (Lipinski definition) is 1. The number of nitrogens with two attached hydrogens (primary N) is 1. The Kier molecular flexibility index (Phi) is 2.85. The summed E-state index contributed by atoms with van der Waals surface area (Å²) in [4.78, 5) is 3.86. The highest BCUT2D eigenvalue weighted by Gasteiger charge is 2.31. The third kappa shape index (κ3) is 2.42. The molecule has 10 heteroatoms. The lowest BCUT2D eigenvalue weighted by Gasteiger charge is -2.11. The number of alkyl halides is 3. The maximum absolute atomic E-state index is 12.6. The van der Waals surface area contributed by atoms with E-state index in [1.54, 1.807) is 0 Å².